The summed E-state index contributed by atoms with van der Waals surface area (Å²) in [6.45, 7) is 2.57. The first kappa shape index (κ1) is 22.6. The zero-order valence-electron chi connectivity index (χ0n) is 17.6. The number of nitrogens with zero attached hydrogens (tertiary/aromatic N) is 3. The van der Waals surface area contributed by atoms with Crippen LogP contribution in [0.2, 0.25) is 0 Å². The largest absolute Gasteiger partial charge is 0.447 e. The van der Waals surface area contributed by atoms with Crippen molar-refractivity contribution in [3.05, 3.63) is 89.1 Å². The van der Waals surface area contributed by atoms with Crippen molar-refractivity contribution in [3.8, 4) is 0 Å². The van der Waals surface area contributed by atoms with Gasteiger partial charge in [-0.1, -0.05) is 24.3 Å². The predicted molar refractivity (Wildman–Crippen MR) is 113 cm³/mol. The summed E-state index contributed by atoms with van der Waals surface area (Å²) >= 11 is 0. The van der Waals surface area contributed by atoms with Gasteiger partial charge < -0.3 is 14.6 Å². The van der Waals surface area contributed by atoms with Gasteiger partial charge in [0.05, 0.1) is 6.54 Å². The lowest BCUT2D eigenvalue weighted by Gasteiger charge is -2.21. The summed E-state index contributed by atoms with van der Waals surface area (Å²) < 4.78 is 32.0. The molecule has 0 saturated heterocycles. The molecule has 0 atom stereocenters. The van der Waals surface area contributed by atoms with Gasteiger partial charge in [0.2, 0.25) is 5.89 Å². The molecule has 1 aromatic heterocycles. The van der Waals surface area contributed by atoms with Crippen LogP contribution in [0.5, 0.6) is 0 Å². The number of hydrogen-bond donors (Lipinski definition) is 1. The molecule has 6 nitrogen and oxygen atoms in total. The minimum atomic E-state index is -0.300. The summed E-state index contributed by atoms with van der Waals surface area (Å²) in [7, 11) is 3.86. The summed E-state index contributed by atoms with van der Waals surface area (Å²) in [5.41, 5.74) is 2.05. The first-order valence-electron chi connectivity index (χ1n) is 9.97. The van der Waals surface area contributed by atoms with E-state index < -0.39 is 0 Å². The van der Waals surface area contributed by atoms with Crippen LogP contribution < -0.4 is 5.32 Å². The Morgan fingerprint density at radius 1 is 0.935 bits per heavy atom. The minimum Gasteiger partial charge on any atom is -0.447 e. The summed E-state index contributed by atoms with van der Waals surface area (Å²) in [5.74, 6) is -0.500. The highest BCUT2D eigenvalue weighted by Crippen LogP contribution is 2.15. The van der Waals surface area contributed by atoms with Gasteiger partial charge in [0.1, 0.15) is 17.9 Å². The Bertz CT molecular complexity index is 925. The van der Waals surface area contributed by atoms with E-state index in [9.17, 15) is 13.6 Å². The molecular weight excluding hydrogens is 402 g/mol. The molecule has 0 fully saturated rings. The van der Waals surface area contributed by atoms with Gasteiger partial charge in [-0.05, 0) is 49.5 Å². The smallest absolute Gasteiger partial charge is 0.273 e. The quantitative estimate of drug-likeness (QED) is 0.536. The molecule has 164 valence electrons. The van der Waals surface area contributed by atoms with Crippen LogP contribution in [-0.4, -0.2) is 47.9 Å². The number of carbonyl (C=O) groups is 1. The SMILES string of the molecule is CN(C)CCNC(=O)c1coc(CN(Cc2ccc(F)cc2)Cc2ccc(F)cc2)n1. The maximum absolute atomic E-state index is 13.3. The maximum atomic E-state index is 13.3. The Kier molecular flexibility index (Phi) is 7.86. The van der Waals surface area contributed by atoms with Crippen LogP contribution in [0.3, 0.4) is 0 Å². The molecule has 0 aliphatic heterocycles. The van der Waals surface area contributed by atoms with E-state index in [1.165, 1.54) is 30.5 Å². The van der Waals surface area contributed by atoms with E-state index >= 15 is 0 Å². The fourth-order valence-corrected chi connectivity index (χ4v) is 3.03. The van der Waals surface area contributed by atoms with Crippen molar-refractivity contribution in [1.29, 1.82) is 0 Å². The predicted octanol–water partition coefficient (Wildman–Crippen LogP) is 3.45. The van der Waals surface area contributed by atoms with Gasteiger partial charge in [0.15, 0.2) is 5.69 Å². The molecular formula is C23H26F2N4O2. The van der Waals surface area contributed by atoms with Crippen molar-refractivity contribution in [1.82, 2.24) is 20.1 Å². The lowest BCUT2D eigenvalue weighted by molar-refractivity contribution is 0.0946. The van der Waals surface area contributed by atoms with Crippen LogP contribution in [0.1, 0.15) is 27.5 Å². The number of nitrogens with one attached hydrogen (secondary N) is 1. The standard InChI is InChI=1S/C23H26F2N4O2/c1-28(2)12-11-26-23(30)21-16-31-22(27-21)15-29(13-17-3-7-19(24)8-4-17)14-18-5-9-20(25)10-6-18/h3-10,16H,11-15H2,1-2H3,(H,26,30). The average molecular weight is 428 g/mol. The second kappa shape index (κ2) is 10.8. The lowest BCUT2D eigenvalue weighted by Crippen LogP contribution is -2.31. The van der Waals surface area contributed by atoms with Crippen molar-refractivity contribution in [2.24, 2.45) is 0 Å². The van der Waals surface area contributed by atoms with Crippen molar-refractivity contribution in [3.63, 3.8) is 0 Å². The van der Waals surface area contributed by atoms with Crippen LogP contribution in [0, 0.1) is 11.6 Å². The van der Waals surface area contributed by atoms with E-state index in [0.717, 1.165) is 17.7 Å². The third kappa shape index (κ3) is 7.27. The molecule has 1 N–H and O–H groups in total. The number of oxazole rings is 1. The zero-order valence-corrected chi connectivity index (χ0v) is 17.6. The van der Waals surface area contributed by atoms with Gasteiger partial charge in [-0.25, -0.2) is 13.8 Å². The fourth-order valence-electron chi connectivity index (χ4n) is 3.03. The molecule has 31 heavy (non-hydrogen) atoms. The van der Waals surface area contributed by atoms with Gasteiger partial charge in [-0.2, -0.15) is 0 Å². The molecule has 8 heteroatoms. The van der Waals surface area contributed by atoms with Crippen molar-refractivity contribution in [2.75, 3.05) is 27.2 Å². The van der Waals surface area contributed by atoms with E-state index in [-0.39, 0.29) is 23.2 Å². The van der Waals surface area contributed by atoms with Crippen LogP contribution in [0.4, 0.5) is 8.78 Å². The zero-order chi connectivity index (χ0) is 22.2. The first-order chi connectivity index (χ1) is 14.9. The Hall–Kier alpha value is -3.10. The Morgan fingerprint density at radius 3 is 2.00 bits per heavy atom. The van der Waals surface area contributed by atoms with Gasteiger partial charge in [0.25, 0.3) is 5.91 Å². The number of rotatable bonds is 10. The molecule has 0 bridgehead atoms. The van der Waals surface area contributed by atoms with Crippen molar-refractivity contribution in [2.45, 2.75) is 19.6 Å². The molecule has 0 saturated carbocycles. The van der Waals surface area contributed by atoms with Crippen LogP contribution >= 0.6 is 0 Å². The molecule has 2 aromatic carbocycles. The number of carbonyl (C=O) groups excluding carboxylic acids is 1. The Balaban J connectivity index is 1.68. The maximum Gasteiger partial charge on any atom is 0.273 e. The number of halogens is 2. The monoisotopic (exact) mass is 428 g/mol. The van der Waals surface area contributed by atoms with Crippen LogP contribution in [-0.2, 0) is 19.6 Å². The van der Waals surface area contributed by atoms with E-state index in [4.69, 9.17) is 4.42 Å². The van der Waals surface area contributed by atoms with Gasteiger partial charge in [-0.15, -0.1) is 0 Å². The average Bonchev–Trinajstić information content (AvgIpc) is 3.19. The molecule has 0 radical (unpaired) electrons. The molecule has 0 spiro atoms. The molecule has 3 aromatic rings. The number of aromatic nitrogens is 1. The summed E-state index contributed by atoms with van der Waals surface area (Å²) in [4.78, 5) is 20.5. The molecule has 0 aliphatic rings. The molecule has 1 heterocycles. The summed E-state index contributed by atoms with van der Waals surface area (Å²) in [6, 6.07) is 12.5. The number of amides is 1. The van der Waals surface area contributed by atoms with Crippen LogP contribution in [0.25, 0.3) is 0 Å². The highest BCUT2D eigenvalue weighted by molar-refractivity contribution is 5.91. The van der Waals surface area contributed by atoms with Crippen molar-refractivity contribution < 1.29 is 18.0 Å². The summed E-state index contributed by atoms with van der Waals surface area (Å²) in [6.07, 6.45) is 1.34. The highest BCUT2D eigenvalue weighted by Gasteiger charge is 2.16. The van der Waals surface area contributed by atoms with Gasteiger partial charge in [0, 0.05) is 26.2 Å². The highest BCUT2D eigenvalue weighted by atomic mass is 19.1. The third-order valence-electron chi connectivity index (χ3n) is 4.63. The molecule has 1 amide bonds. The Labute approximate surface area is 180 Å². The molecule has 0 aliphatic carbocycles. The normalized spacial score (nSPS) is 11.3. The minimum absolute atomic E-state index is 0.220. The van der Waals surface area contributed by atoms with Gasteiger partial charge in [-0.3, -0.25) is 9.69 Å². The molecule has 3 rings (SSSR count). The first-order valence-corrected chi connectivity index (χ1v) is 9.97. The fraction of sp³-hybridized carbons (Fsp3) is 0.304. The number of likely N-dealkylation sites (N-methyl/N-ethyl adjacent to an activating group) is 1. The Morgan fingerprint density at radius 2 is 1.48 bits per heavy atom. The van der Waals surface area contributed by atoms with E-state index in [1.807, 2.05) is 23.9 Å². The van der Waals surface area contributed by atoms with Gasteiger partial charge >= 0.3 is 0 Å². The topological polar surface area (TPSA) is 61.6 Å². The van der Waals surface area contributed by atoms with E-state index in [2.05, 4.69) is 10.3 Å². The van der Waals surface area contributed by atoms with Crippen molar-refractivity contribution >= 4 is 5.91 Å². The number of hydrogen-bond acceptors (Lipinski definition) is 5. The second-order valence-corrected chi connectivity index (χ2v) is 7.58. The lowest BCUT2D eigenvalue weighted by atomic mass is 10.1. The second-order valence-electron chi connectivity index (χ2n) is 7.58. The van der Waals surface area contributed by atoms with Crippen LogP contribution in [0.15, 0.2) is 59.2 Å². The number of benzene rings is 2. The third-order valence-corrected chi connectivity index (χ3v) is 4.63. The van der Waals surface area contributed by atoms with E-state index in [1.54, 1.807) is 24.3 Å². The molecule has 0 unspecified atom stereocenters. The van der Waals surface area contributed by atoms with E-state index in [0.29, 0.717) is 32.1 Å². The summed E-state index contributed by atoms with van der Waals surface area (Å²) in [5, 5.41) is 2.80.